The molecule has 8 rings (SSSR count). The van der Waals surface area contributed by atoms with Crippen molar-refractivity contribution < 1.29 is 50.8 Å². The van der Waals surface area contributed by atoms with Gasteiger partial charge in [0.15, 0.2) is 38.0 Å². The van der Waals surface area contributed by atoms with Crippen molar-refractivity contribution in [2.75, 3.05) is 69.7 Å². The number of methoxy groups -OCH3 is 2. The van der Waals surface area contributed by atoms with Gasteiger partial charge >= 0.3 is 11.9 Å². The molecule has 0 bridgehead atoms. The third kappa shape index (κ3) is 8.85. The zero-order valence-corrected chi connectivity index (χ0v) is 39.4. The van der Waals surface area contributed by atoms with Crippen LogP contribution in [0.4, 0.5) is 20.2 Å². The summed E-state index contributed by atoms with van der Waals surface area (Å²) >= 11 is 5.61. The van der Waals surface area contributed by atoms with Crippen molar-refractivity contribution in [3.05, 3.63) is 49.8 Å². The number of hydrogen-bond donors (Lipinski definition) is 3. The fourth-order valence-corrected chi connectivity index (χ4v) is 10.8. The highest BCUT2D eigenvalue weighted by Crippen LogP contribution is 2.50. The Balaban J connectivity index is 0.000000195. The van der Waals surface area contributed by atoms with Gasteiger partial charge in [0.05, 0.1) is 43.9 Å². The zero-order chi connectivity index (χ0) is 47.4. The minimum atomic E-state index is -4.05. The van der Waals surface area contributed by atoms with E-state index in [-0.39, 0.29) is 92.9 Å². The van der Waals surface area contributed by atoms with Crippen molar-refractivity contribution in [1.82, 2.24) is 9.13 Å². The molecule has 65 heavy (non-hydrogen) atoms. The summed E-state index contributed by atoms with van der Waals surface area (Å²) in [5.41, 5.74) is 11.7. The number of fused-ring (bicyclic) bond motifs is 2. The topological polar surface area (TPSA) is 211 Å². The number of anilines is 2. The molecule has 4 aliphatic rings. The van der Waals surface area contributed by atoms with Gasteiger partial charge in [0, 0.05) is 62.0 Å². The van der Waals surface area contributed by atoms with Crippen LogP contribution in [-0.4, -0.2) is 107 Å². The van der Waals surface area contributed by atoms with Crippen molar-refractivity contribution >= 4 is 67.2 Å². The normalized spacial score (nSPS) is 19.6. The molecule has 4 atom stereocenters. The Labute approximate surface area is 381 Å². The second-order valence-electron chi connectivity index (χ2n) is 17.4. The fraction of sp³-hybridized carbons (Fsp3) is 0.556. The summed E-state index contributed by atoms with van der Waals surface area (Å²) in [5.74, 6) is -2.57. The van der Waals surface area contributed by atoms with E-state index in [0.29, 0.717) is 56.0 Å². The lowest BCUT2D eigenvalue weighted by Gasteiger charge is -2.26. The van der Waals surface area contributed by atoms with Gasteiger partial charge < -0.3 is 54.5 Å². The number of benzene rings is 2. The number of carbonyl (C=O) groups excluding carboxylic acids is 2. The van der Waals surface area contributed by atoms with E-state index in [1.807, 2.05) is 28.2 Å². The number of hydrogen-bond acceptors (Lipinski definition) is 15. The minimum absolute atomic E-state index is 0.00587. The van der Waals surface area contributed by atoms with Gasteiger partial charge in [-0.05, 0) is 90.2 Å². The monoisotopic (exact) mass is 944 g/mol. The Kier molecular flexibility index (Phi) is 13.8. The van der Waals surface area contributed by atoms with Crippen LogP contribution in [0.15, 0.2) is 22.0 Å². The molecule has 354 valence electrons. The number of ether oxygens (including phenoxy) is 4. The van der Waals surface area contributed by atoms with Crippen molar-refractivity contribution in [2.24, 2.45) is 23.3 Å². The van der Waals surface area contributed by atoms with E-state index >= 15 is 8.78 Å². The molecule has 0 spiro atoms. The van der Waals surface area contributed by atoms with E-state index in [0.717, 1.165) is 38.0 Å². The largest absolute Gasteiger partial charge is 0.506 e. The fourth-order valence-electron chi connectivity index (χ4n) is 9.27. The Hall–Kier alpha value is -5.05. The molecular weight excluding hydrogens is 887 g/mol. The molecule has 16 nitrogen and oxygen atoms in total. The summed E-state index contributed by atoms with van der Waals surface area (Å²) < 4.78 is 81.8. The maximum absolute atomic E-state index is 15.6. The van der Waals surface area contributed by atoms with Crippen molar-refractivity contribution in [1.29, 1.82) is 0 Å². The number of nitrogens with two attached hydrogens (primary N) is 2. The first kappa shape index (κ1) is 47.9. The van der Waals surface area contributed by atoms with Crippen LogP contribution >= 0.6 is 12.2 Å². The summed E-state index contributed by atoms with van der Waals surface area (Å²) in [4.78, 5) is 42.5. The van der Waals surface area contributed by atoms with Crippen LogP contribution in [0.2, 0.25) is 0 Å². The first-order valence-corrected chi connectivity index (χ1v) is 24.3. The molecule has 0 radical (unpaired) electrons. The summed E-state index contributed by atoms with van der Waals surface area (Å²) in [7, 11) is -1.21. The lowest BCUT2D eigenvalue weighted by Crippen LogP contribution is -2.31. The highest BCUT2D eigenvalue weighted by Gasteiger charge is 2.40. The summed E-state index contributed by atoms with van der Waals surface area (Å²) in [6, 6.07) is 2.05. The molecule has 0 amide bonds. The van der Waals surface area contributed by atoms with Crippen molar-refractivity contribution in [3.8, 4) is 17.2 Å². The first-order chi connectivity index (χ1) is 30.8. The Morgan fingerprint density at radius 3 is 1.62 bits per heavy atom. The van der Waals surface area contributed by atoms with Crippen molar-refractivity contribution in [3.63, 3.8) is 0 Å². The van der Waals surface area contributed by atoms with E-state index in [1.165, 1.54) is 24.9 Å². The molecule has 2 saturated heterocycles. The predicted molar refractivity (Wildman–Crippen MR) is 245 cm³/mol. The van der Waals surface area contributed by atoms with Gasteiger partial charge in [-0.3, -0.25) is 4.79 Å². The second-order valence-corrected chi connectivity index (χ2v) is 19.8. The molecule has 2 aliphatic carbocycles. The number of sulfone groups is 1. The lowest BCUT2D eigenvalue weighted by atomic mass is 10.0. The van der Waals surface area contributed by atoms with E-state index in [2.05, 4.69) is 0 Å². The van der Waals surface area contributed by atoms with E-state index in [1.54, 1.807) is 13.8 Å². The number of aromatic nitrogens is 2. The molecule has 5 N–H and O–H groups in total. The predicted octanol–water partition coefficient (Wildman–Crippen LogP) is 6.15. The molecule has 2 saturated carbocycles. The van der Waals surface area contributed by atoms with Crippen LogP contribution in [0.5, 0.6) is 17.2 Å². The molecule has 4 aromatic rings. The molecular formula is C45H58F2N6O10S2. The maximum atomic E-state index is 15.6. The van der Waals surface area contributed by atoms with Gasteiger partial charge in [-0.15, -0.1) is 0 Å². The van der Waals surface area contributed by atoms with Crippen LogP contribution in [0.1, 0.15) is 99.0 Å². The van der Waals surface area contributed by atoms with E-state index in [9.17, 15) is 27.9 Å². The summed E-state index contributed by atoms with van der Waals surface area (Å²) in [6.45, 7) is 9.51. The molecule has 4 fully saturated rings. The van der Waals surface area contributed by atoms with Gasteiger partial charge in [-0.25, -0.2) is 26.8 Å². The molecule has 2 aliphatic heterocycles. The maximum Gasteiger partial charge on any atom is 0.345 e. The van der Waals surface area contributed by atoms with Crippen LogP contribution in [-0.2, 0) is 19.3 Å². The number of nitrogens with zero attached hydrogens (tertiary/aromatic N) is 4. The van der Waals surface area contributed by atoms with Crippen LogP contribution in [0.25, 0.3) is 21.8 Å². The molecule has 20 heteroatoms. The number of rotatable bonds is 13. The van der Waals surface area contributed by atoms with Gasteiger partial charge in [0.2, 0.25) is 5.43 Å². The summed E-state index contributed by atoms with van der Waals surface area (Å²) in [5, 5.41) is 10.6. The Morgan fingerprint density at radius 2 is 1.22 bits per heavy atom. The van der Waals surface area contributed by atoms with Crippen LogP contribution < -0.4 is 36.2 Å². The standard InChI is InChI=1S/C23H30FN3O6S.C22H28FN3O4S/c1-5-33-23(29)17-20(28)15-10-16(24)19(26-9-8-13(11-26)12(2)25)21(32-3)18(15)27(14-6-7-14)22(17)34(4,30)31;1-4-30-22(28)16-19(27)14-9-15(23)18(25-8-7-12(10-25)11(2)24)20(29-3)17(14)26(21(16)31)13-5-6-13/h10,12-14H,5-9,11,25H2,1-4H3;9,11-13,27H,4-8,10,24H2,1-3H3/t12-,13+;11-,12+/m00/s1. The molecule has 2 aromatic heterocycles. The van der Waals surface area contributed by atoms with Gasteiger partial charge in [0.1, 0.15) is 32.9 Å². The van der Waals surface area contributed by atoms with Crippen molar-refractivity contribution in [2.45, 2.75) is 95.4 Å². The zero-order valence-electron chi connectivity index (χ0n) is 37.7. The molecule has 4 heterocycles. The lowest BCUT2D eigenvalue weighted by molar-refractivity contribution is 0.0510. The molecule has 0 unspecified atom stereocenters. The Bertz CT molecular complexity index is 2790. The summed E-state index contributed by atoms with van der Waals surface area (Å²) in [6.07, 6.45) is 5.62. The van der Waals surface area contributed by atoms with Crippen LogP contribution in [0.3, 0.4) is 0 Å². The van der Waals surface area contributed by atoms with Crippen LogP contribution in [0, 0.1) is 28.1 Å². The van der Waals surface area contributed by atoms with Gasteiger partial charge in [-0.2, -0.15) is 0 Å². The van der Waals surface area contributed by atoms with Gasteiger partial charge in [-0.1, -0.05) is 12.2 Å². The van der Waals surface area contributed by atoms with Gasteiger partial charge in [0.25, 0.3) is 0 Å². The average Bonchev–Trinajstić information content (AvgIpc) is 4.16. The average molecular weight is 945 g/mol. The number of aromatic hydroxyl groups is 1. The third-order valence-electron chi connectivity index (χ3n) is 12.8. The van der Waals surface area contributed by atoms with E-state index in [4.69, 9.17) is 42.6 Å². The quantitative estimate of drug-likeness (QED) is 0.101. The Morgan fingerprint density at radius 1 is 0.785 bits per heavy atom. The highest BCUT2D eigenvalue weighted by atomic mass is 32.2. The van der Waals surface area contributed by atoms with E-state index < -0.39 is 49.4 Å². The number of esters is 2. The minimum Gasteiger partial charge on any atom is -0.506 e. The second kappa shape index (κ2) is 18.7. The highest BCUT2D eigenvalue weighted by molar-refractivity contribution is 7.90. The first-order valence-electron chi connectivity index (χ1n) is 22.0. The smallest absolute Gasteiger partial charge is 0.345 e. The number of pyridine rings is 2. The molecule has 2 aromatic carbocycles. The third-order valence-corrected chi connectivity index (χ3v) is 14.3. The number of halogens is 2. The SMILES string of the molecule is CCOC(=O)c1c(O)c2cc(F)c(N3CC[C@@H]([C@H](C)N)C3)c(OC)c2n(C2CC2)c1=S.CCOC(=O)c1c(S(C)(=O)=O)n(C2CC2)c2c(OC)c(N3CC[C@@H]([C@H](C)N)C3)c(F)cc2c1=O. The number of carbonyl (C=O) groups is 2.